The van der Waals surface area contributed by atoms with Gasteiger partial charge in [-0.25, -0.2) is 0 Å². The Hall–Kier alpha value is -4.45. The number of carbonyl (C=O) groups excluding carboxylic acids is 3. The molecule has 0 aliphatic rings. The molecular formula is C65H104O6. The van der Waals surface area contributed by atoms with E-state index in [1.165, 1.54) is 64.2 Å². The third kappa shape index (κ3) is 56.3. The number of esters is 3. The smallest absolute Gasteiger partial charge is 0.306 e. The monoisotopic (exact) mass is 981 g/mol. The van der Waals surface area contributed by atoms with E-state index in [0.717, 1.165) is 128 Å². The van der Waals surface area contributed by atoms with Gasteiger partial charge in [-0.05, 0) is 122 Å². The zero-order valence-electron chi connectivity index (χ0n) is 45.7. The Bertz CT molecular complexity index is 1550. The van der Waals surface area contributed by atoms with Gasteiger partial charge in [-0.2, -0.15) is 0 Å². The normalized spacial score (nSPS) is 13.1. The Morgan fingerprint density at radius 3 is 0.915 bits per heavy atom. The van der Waals surface area contributed by atoms with Crippen molar-refractivity contribution in [1.82, 2.24) is 0 Å². The van der Waals surface area contributed by atoms with Crippen LogP contribution in [0.4, 0.5) is 0 Å². The van der Waals surface area contributed by atoms with Gasteiger partial charge in [0.1, 0.15) is 13.2 Å². The Labute approximate surface area is 436 Å². The highest BCUT2D eigenvalue weighted by Gasteiger charge is 2.19. The molecular weight excluding hydrogens is 877 g/mol. The summed E-state index contributed by atoms with van der Waals surface area (Å²) >= 11 is 0. The van der Waals surface area contributed by atoms with Crippen LogP contribution in [0.3, 0.4) is 0 Å². The fourth-order valence-corrected chi connectivity index (χ4v) is 7.35. The van der Waals surface area contributed by atoms with Crippen molar-refractivity contribution in [3.63, 3.8) is 0 Å². The fourth-order valence-electron chi connectivity index (χ4n) is 7.35. The standard InChI is InChI=1S/C65H104O6/c1-4-7-10-13-16-18-20-22-23-24-25-26-27-28-29-30-31-32-33-34-35-36-37-38-39-40-41-43-44-46-49-52-55-58-64(67)70-61-62(60-69-63(66)57-54-51-48-15-12-9-6-3)71-65(68)59-56-53-50-47-45-42-21-19-17-14-11-8-5-2/h7,10,16,18-19,21-23,25-26,28-29,31-32,34-35,37-38,40-41,44,46,62H,4-6,8-9,11-15,17,20,24,27,30,33,36,39,42-43,45,47-61H2,1-3H3/b10-7-,18-16-,21-19-,23-22-,26-25-,29-28-,32-31-,35-34-,38-37-,41-40-,46-44-. The maximum Gasteiger partial charge on any atom is 0.306 e. The molecule has 0 fully saturated rings. The van der Waals surface area contributed by atoms with Crippen LogP contribution in [0.5, 0.6) is 0 Å². The second kappa shape index (κ2) is 58.1. The predicted molar refractivity (Wildman–Crippen MR) is 306 cm³/mol. The van der Waals surface area contributed by atoms with Crippen molar-refractivity contribution in [3.05, 3.63) is 134 Å². The van der Waals surface area contributed by atoms with E-state index in [4.69, 9.17) is 14.2 Å². The quantitative estimate of drug-likeness (QED) is 0.0262. The highest BCUT2D eigenvalue weighted by Crippen LogP contribution is 2.13. The molecule has 0 bridgehead atoms. The van der Waals surface area contributed by atoms with Crippen molar-refractivity contribution in [1.29, 1.82) is 0 Å². The van der Waals surface area contributed by atoms with E-state index >= 15 is 0 Å². The van der Waals surface area contributed by atoms with Crippen molar-refractivity contribution in [3.8, 4) is 0 Å². The minimum absolute atomic E-state index is 0.0976. The largest absolute Gasteiger partial charge is 0.462 e. The van der Waals surface area contributed by atoms with Crippen molar-refractivity contribution < 1.29 is 28.6 Å². The first-order valence-corrected chi connectivity index (χ1v) is 28.7. The minimum Gasteiger partial charge on any atom is -0.462 e. The molecule has 0 aromatic carbocycles. The molecule has 6 nitrogen and oxygen atoms in total. The first-order chi connectivity index (χ1) is 35.0. The van der Waals surface area contributed by atoms with Crippen molar-refractivity contribution in [2.75, 3.05) is 13.2 Å². The van der Waals surface area contributed by atoms with E-state index in [2.05, 4.69) is 154 Å². The van der Waals surface area contributed by atoms with Gasteiger partial charge < -0.3 is 14.2 Å². The molecule has 0 saturated carbocycles. The van der Waals surface area contributed by atoms with Crippen LogP contribution in [0.2, 0.25) is 0 Å². The maximum atomic E-state index is 12.8. The maximum absolute atomic E-state index is 12.8. The van der Waals surface area contributed by atoms with Crippen LogP contribution in [0.15, 0.2) is 134 Å². The highest BCUT2D eigenvalue weighted by molar-refractivity contribution is 5.71. The van der Waals surface area contributed by atoms with Gasteiger partial charge in [0.25, 0.3) is 0 Å². The third-order valence-corrected chi connectivity index (χ3v) is 11.6. The number of hydrogen-bond donors (Lipinski definition) is 0. The second-order valence-corrected chi connectivity index (χ2v) is 18.5. The average molecular weight is 982 g/mol. The van der Waals surface area contributed by atoms with Gasteiger partial charge in [-0.1, -0.05) is 231 Å². The number of carbonyl (C=O) groups is 3. The van der Waals surface area contributed by atoms with Crippen LogP contribution in [-0.4, -0.2) is 37.2 Å². The molecule has 0 aromatic heterocycles. The van der Waals surface area contributed by atoms with Crippen LogP contribution in [0, 0.1) is 0 Å². The molecule has 0 heterocycles. The molecule has 400 valence electrons. The fraction of sp³-hybridized carbons (Fsp3) is 0.615. The predicted octanol–water partition coefficient (Wildman–Crippen LogP) is 19.4. The van der Waals surface area contributed by atoms with Gasteiger partial charge in [0.2, 0.25) is 0 Å². The molecule has 0 saturated heterocycles. The molecule has 0 aromatic rings. The van der Waals surface area contributed by atoms with Crippen LogP contribution >= 0.6 is 0 Å². The topological polar surface area (TPSA) is 78.9 Å². The molecule has 0 radical (unpaired) electrons. The Morgan fingerprint density at radius 1 is 0.296 bits per heavy atom. The second-order valence-electron chi connectivity index (χ2n) is 18.5. The molecule has 0 N–H and O–H groups in total. The molecule has 6 heteroatoms. The number of ether oxygens (including phenoxy) is 3. The first-order valence-electron chi connectivity index (χ1n) is 28.7. The summed E-state index contributed by atoms with van der Waals surface area (Å²) in [5, 5.41) is 0. The lowest BCUT2D eigenvalue weighted by Gasteiger charge is -2.18. The molecule has 0 aliphatic carbocycles. The number of unbranched alkanes of at least 4 members (excludes halogenated alkanes) is 17. The summed E-state index contributed by atoms with van der Waals surface area (Å²) in [7, 11) is 0. The lowest BCUT2D eigenvalue weighted by molar-refractivity contribution is -0.167. The van der Waals surface area contributed by atoms with Gasteiger partial charge in [-0.15, -0.1) is 0 Å². The van der Waals surface area contributed by atoms with Gasteiger partial charge >= 0.3 is 17.9 Å². The van der Waals surface area contributed by atoms with E-state index in [-0.39, 0.29) is 31.1 Å². The van der Waals surface area contributed by atoms with Gasteiger partial charge in [0.05, 0.1) is 0 Å². The van der Waals surface area contributed by atoms with Crippen LogP contribution in [0.1, 0.15) is 239 Å². The number of rotatable bonds is 50. The van der Waals surface area contributed by atoms with E-state index < -0.39 is 6.10 Å². The molecule has 1 unspecified atom stereocenters. The summed E-state index contributed by atoms with van der Waals surface area (Å²) in [5.41, 5.74) is 0. The van der Waals surface area contributed by atoms with Crippen molar-refractivity contribution in [2.45, 2.75) is 245 Å². The van der Waals surface area contributed by atoms with E-state index in [1.807, 2.05) is 0 Å². The summed E-state index contributed by atoms with van der Waals surface area (Å²) in [5.74, 6) is -0.966. The van der Waals surface area contributed by atoms with Gasteiger partial charge in [-0.3, -0.25) is 14.4 Å². The zero-order chi connectivity index (χ0) is 51.4. The van der Waals surface area contributed by atoms with E-state index in [1.54, 1.807) is 0 Å². The molecule has 1 atom stereocenters. The lowest BCUT2D eigenvalue weighted by Crippen LogP contribution is -2.30. The highest BCUT2D eigenvalue weighted by atomic mass is 16.6. The van der Waals surface area contributed by atoms with Gasteiger partial charge in [0.15, 0.2) is 6.10 Å². The summed E-state index contributed by atoms with van der Waals surface area (Å²) < 4.78 is 16.7. The Kier molecular flexibility index (Phi) is 54.5. The zero-order valence-corrected chi connectivity index (χ0v) is 45.7. The summed E-state index contributed by atoms with van der Waals surface area (Å²) in [6.07, 6.45) is 81.9. The summed E-state index contributed by atoms with van der Waals surface area (Å²) in [6.45, 7) is 6.40. The Morgan fingerprint density at radius 2 is 0.549 bits per heavy atom. The number of hydrogen-bond acceptors (Lipinski definition) is 6. The molecule has 71 heavy (non-hydrogen) atoms. The van der Waals surface area contributed by atoms with Crippen LogP contribution in [-0.2, 0) is 28.6 Å². The molecule has 0 rings (SSSR count). The Balaban J connectivity index is 4.25. The lowest BCUT2D eigenvalue weighted by atomic mass is 10.1. The average Bonchev–Trinajstić information content (AvgIpc) is 3.37. The van der Waals surface area contributed by atoms with E-state index in [9.17, 15) is 14.4 Å². The molecule has 0 amide bonds. The van der Waals surface area contributed by atoms with Crippen molar-refractivity contribution in [2.24, 2.45) is 0 Å². The third-order valence-electron chi connectivity index (χ3n) is 11.6. The molecule has 0 aliphatic heterocycles. The van der Waals surface area contributed by atoms with Crippen LogP contribution < -0.4 is 0 Å². The van der Waals surface area contributed by atoms with Crippen LogP contribution in [0.25, 0.3) is 0 Å². The van der Waals surface area contributed by atoms with Gasteiger partial charge in [0, 0.05) is 19.3 Å². The van der Waals surface area contributed by atoms with Crippen molar-refractivity contribution >= 4 is 17.9 Å². The van der Waals surface area contributed by atoms with E-state index in [0.29, 0.717) is 25.7 Å². The number of allylic oxidation sites excluding steroid dienone is 22. The summed E-state index contributed by atoms with van der Waals surface area (Å²) in [4.78, 5) is 37.8. The SMILES string of the molecule is CC/C=C\C/C=C\C/C=C\C/C=C\C/C=C\C/C=C\C/C=C\C/C=C\C/C=C\C/C=C\CCCCC(=O)OCC(COC(=O)CCCCCCCCC)OC(=O)CCCCCCC/C=C\CCCCCC. The first kappa shape index (κ1) is 66.6. The molecule has 0 spiro atoms. The minimum atomic E-state index is -0.800. The summed E-state index contributed by atoms with van der Waals surface area (Å²) in [6, 6.07) is 0.